The van der Waals surface area contributed by atoms with Gasteiger partial charge in [0.05, 0.1) is 24.1 Å². The van der Waals surface area contributed by atoms with Crippen LogP contribution < -0.4 is 19.5 Å². The van der Waals surface area contributed by atoms with Crippen LogP contribution in [0.2, 0.25) is 0 Å². The molecule has 0 radical (unpaired) electrons. The Bertz CT molecular complexity index is 1050. The molecule has 6 heteroatoms. The fourth-order valence-corrected chi connectivity index (χ4v) is 6.22. The number of ether oxygens (including phenoxy) is 2. The van der Waals surface area contributed by atoms with Gasteiger partial charge in [0, 0.05) is 16.8 Å². The predicted molar refractivity (Wildman–Crippen MR) is 114 cm³/mol. The molecular formula is C21H22N2O2S2. The van der Waals surface area contributed by atoms with E-state index in [1.807, 2.05) is 37.3 Å². The Morgan fingerprint density at radius 3 is 2.70 bits per heavy atom. The zero-order valence-electron chi connectivity index (χ0n) is 15.8. The van der Waals surface area contributed by atoms with Crippen molar-refractivity contribution < 1.29 is 9.47 Å². The maximum Gasteiger partial charge on any atom is 0.144 e. The van der Waals surface area contributed by atoms with Crippen LogP contribution in [0.4, 0.5) is 11.4 Å². The van der Waals surface area contributed by atoms with Crippen LogP contribution in [-0.2, 0) is 5.54 Å². The molecule has 0 saturated carbocycles. The summed E-state index contributed by atoms with van der Waals surface area (Å²) in [5.41, 5.74) is 4.14. The predicted octanol–water partition coefficient (Wildman–Crippen LogP) is 5.78. The lowest BCUT2D eigenvalue weighted by molar-refractivity contribution is 0.341. The summed E-state index contributed by atoms with van der Waals surface area (Å²) < 4.78 is 12.2. The fourth-order valence-electron chi connectivity index (χ4n) is 3.29. The van der Waals surface area contributed by atoms with Crippen molar-refractivity contribution in [3.63, 3.8) is 0 Å². The minimum absolute atomic E-state index is 0.148. The molecule has 1 aromatic heterocycles. The van der Waals surface area contributed by atoms with Crippen molar-refractivity contribution in [1.29, 1.82) is 0 Å². The molecular weight excluding hydrogens is 376 g/mol. The van der Waals surface area contributed by atoms with Crippen molar-refractivity contribution in [1.82, 2.24) is 0 Å². The summed E-state index contributed by atoms with van der Waals surface area (Å²) in [5.74, 6) is 1.66. The molecule has 4 rings (SSSR count). The molecule has 0 fully saturated rings. The van der Waals surface area contributed by atoms with Crippen molar-refractivity contribution in [2.24, 2.45) is 4.99 Å². The average Bonchev–Trinajstić information content (AvgIpc) is 3.08. The number of fused-ring (bicyclic) bond motifs is 3. The van der Waals surface area contributed by atoms with Crippen LogP contribution in [-0.4, -0.2) is 13.7 Å². The first-order chi connectivity index (χ1) is 13.0. The van der Waals surface area contributed by atoms with Gasteiger partial charge < -0.3 is 14.8 Å². The molecule has 2 heterocycles. The highest BCUT2D eigenvalue weighted by molar-refractivity contribution is 7.68. The first-order valence-electron chi connectivity index (χ1n) is 8.90. The minimum Gasteiger partial charge on any atom is -0.497 e. The van der Waals surface area contributed by atoms with Crippen molar-refractivity contribution in [2.75, 3.05) is 19.0 Å². The fraction of sp³-hybridized carbons (Fsp3) is 0.286. The molecule has 4 nitrogen and oxygen atoms in total. The second-order valence-corrected chi connectivity index (χ2v) is 8.98. The largest absolute Gasteiger partial charge is 0.497 e. The van der Waals surface area contributed by atoms with E-state index in [2.05, 4.69) is 31.3 Å². The molecule has 140 valence electrons. The van der Waals surface area contributed by atoms with Crippen LogP contribution in [0.5, 0.6) is 11.5 Å². The van der Waals surface area contributed by atoms with Gasteiger partial charge in [-0.2, -0.15) is 0 Å². The van der Waals surface area contributed by atoms with E-state index in [1.54, 1.807) is 27.8 Å². The van der Waals surface area contributed by atoms with Gasteiger partial charge in [-0.1, -0.05) is 32.8 Å². The monoisotopic (exact) mass is 398 g/mol. The van der Waals surface area contributed by atoms with Crippen molar-refractivity contribution in [2.45, 2.75) is 26.3 Å². The first kappa shape index (κ1) is 18.1. The Labute approximate surface area is 166 Å². The molecule has 0 unspecified atom stereocenters. The Kier molecular flexibility index (Phi) is 4.70. The van der Waals surface area contributed by atoms with Crippen molar-refractivity contribution >= 4 is 32.1 Å². The van der Waals surface area contributed by atoms with Gasteiger partial charge in [-0.25, -0.2) is 4.99 Å². The quantitative estimate of drug-likeness (QED) is 0.567. The molecule has 1 N–H and O–H groups in total. The second kappa shape index (κ2) is 7.02. The molecule has 27 heavy (non-hydrogen) atoms. The Morgan fingerprint density at radius 1 is 1.11 bits per heavy atom. The Balaban J connectivity index is 1.96. The highest BCUT2D eigenvalue weighted by Crippen LogP contribution is 2.46. The van der Waals surface area contributed by atoms with Gasteiger partial charge in [0.25, 0.3) is 0 Å². The van der Waals surface area contributed by atoms with Gasteiger partial charge in [-0.3, -0.25) is 0 Å². The van der Waals surface area contributed by atoms with E-state index >= 15 is 0 Å². The maximum atomic E-state index is 5.76. The number of hydrogen-bond acceptors (Lipinski definition) is 6. The minimum atomic E-state index is -0.148. The third kappa shape index (κ3) is 3.24. The smallest absolute Gasteiger partial charge is 0.144 e. The summed E-state index contributed by atoms with van der Waals surface area (Å²) >= 11 is 0. The lowest BCUT2D eigenvalue weighted by Crippen LogP contribution is -2.31. The number of nitrogens with one attached hydrogen (secondary N) is 1. The zero-order chi connectivity index (χ0) is 19.0. The molecule has 0 amide bonds. The van der Waals surface area contributed by atoms with E-state index in [0.717, 1.165) is 33.1 Å². The Hall–Kier alpha value is -2.31. The number of hydrogen-bond donors (Lipinski definition) is 1. The number of benzene rings is 2. The van der Waals surface area contributed by atoms with Gasteiger partial charge in [0.1, 0.15) is 21.9 Å². The van der Waals surface area contributed by atoms with Crippen LogP contribution in [0, 0.1) is 0 Å². The average molecular weight is 399 g/mol. The van der Waals surface area contributed by atoms with Crippen LogP contribution in [0.15, 0.2) is 47.5 Å². The lowest BCUT2D eigenvalue weighted by atomic mass is 9.90. The molecule has 0 atom stereocenters. The van der Waals surface area contributed by atoms with Gasteiger partial charge in [-0.05, 0) is 51.1 Å². The number of rotatable bonds is 4. The molecule has 0 saturated heterocycles. The number of nitrogens with zero attached hydrogens (tertiary/aromatic N) is 1. The van der Waals surface area contributed by atoms with Crippen LogP contribution in [0.3, 0.4) is 0 Å². The second-order valence-electron chi connectivity index (χ2n) is 6.85. The summed E-state index contributed by atoms with van der Waals surface area (Å²) in [6.07, 6.45) is 0. The van der Waals surface area contributed by atoms with E-state index in [9.17, 15) is 0 Å². The van der Waals surface area contributed by atoms with Gasteiger partial charge >= 0.3 is 0 Å². The third-order valence-corrected chi connectivity index (χ3v) is 7.18. The number of anilines is 1. The van der Waals surface area contributed by atoms with Crippen LogP contribution >= 0.6 is 20.7 Å². The molecule has 0 aliphatic carbocycles. The van der Waals surface area contributed by atoms with E-state index in [0.29, 0.717) is 6.61 Å². The van der Waals surface area contributed by atoms with Gasteiger partial charge in [0.2, 0.25) is 0 Å². The first-order valence-corrected chi connectivity index (χ1v) is 11.0. The van der Waals surface area contributed by atoms with Gasteiger partial charge in [0.15, 0.2) is 0 Å². The van der Waals surface area contributed by atoms with E-state index in [1.165, 1.54) is 10.4 Å². The van der Waals surface area contributed by atoms with E-state index < -0.39 is 0 Å². The molecule has 0 spiro atoms. The molecule has 0 bridgehead atoms. The summed E-state index contributed by atoms with van der Waals surface area (Å²) in [5, 5.41) is 3.65. The molecule has 1 aliphatic heterocycles. The summed E-state index contributed by atoms with van der Waals surface area (Å²) in [7, 11) is 5.18. The normalized spacial score (nSPS) is 14.9. The number of methoxy groups -OCH3 is 1. The number of para-hydroxylation sites is 2. The standard InChI is InChI=1S/C21H22N2O2S2/c1-5-25-17-9-7-6-8-16(17)22-20-18-14-12-13(24-4)10-11-15(14)23-21(2,3)19(18)26-27-20/h6-12,23H,5H2,1-4H3. The van der Waals surface area contributed by atoms with Crippen LogP contribution in [0.25, 0.3) is 11.1 Å². The highest BCUT2D eigenvalue weighted by atomic mass is 32.9. The Morgan fingerprint density at radius 2 is 1.93 bits per heavy atom. The van der Waals surface area contributed by atoms with Crippen molar-refractivity contribution in [3.05, 3.63) is 52.0 Å². The molecule has 1 aliphatic rings. The highest BCUT2D eigenvalue weighted by Gasteiger charge is 2.33. The summed E-state index contributed by atoms with van der Waals surface area (Å²) in [4.78, 5) is 6.28. The van der Waals surface area contributed by atoms with Crippen molar-refractivity contribution in [3.8, 4) is 22.6 Å². The van der Waals surface area contributed by atoms with E-state index in [4.69, 9.17) is 14.5 Å². The lowest BCUT2D eigenvalue weighted by Gasteiger charge is -2.33. The molecule has 2 aromatic carbocycles. The topological polar surface area (TPSA) is 42.9 Å². The third-order valence-electron chi connectivity index (χ3n) is 4.54. The summed E-state index contributed by atoms with van der Waals surface area (Å²) in [6, 6.07) is 14.1. The zero-order valence-corrected chi connectivity index (χ0v) is 17.5. The van der Waals surface area contributed by atoms with E-state index in [-0.39, 0.29) is 5.54 Å². The SMILES string of the molecule is CCOc1ccccc1N=c1ssc2c1-c1cc(OC)ccc1NC2(C)C. The van der Waals surface area contributed by atoms with Gasteiger partial charge in [-0.15, -0.1) is 0 Å². The maximum absolute atomic E-state index is 5.76. The molecule has 3 aromatic rings. The van der Waals surface area contributed by atoms with Crippen LogP contribution in [0.1, 0.15) is 25.6 Å². The summed E-state index contributed by atoms with van der Waals surface area (Å²) in [6.45, 7) is 7.03.